The summed E-state index contributed by atoms with van der Waals surface area (Å²) >= 11 is 0. The predicted molar refractivity (Wildman–Crippen MR) is 116 cm³/mol. The number of carboxylic acids is 1. The molecule has 3 fully saturated rings. The van der Waals surface area contributed by atoms with Crippen LogP contribution in [0.2, 0.25) is 0 Å². The lowest BCUT2D eigenvalue weighted by molar-refractivity contribution is -0.145. The SMILES string of the molecule is O=C(O)C1CNC1Cc1cccc(N2CC(c3occc3C3CCCCC3)NC2=O)c1. The maximum atomic E-state index is 12.8. The van der Waals surface area contributed by atoms with Crippen molar-refractivity contribution < 1.29 is 19.1 Å². The van der Waals surface area contributed by atoms with Crippen LogP contribution in [0.1, 0.15) is 61.0 Å². The minimum atomic E-state index is -0.756. The smallest absolute Gasteiger partial charge is 0.322 e. The van der Waals surface area contributed by atoms with E-state index in [4.69, 9.17) is 4.42 Å². The minimum Gasteiger partial charge on any atom is -0.481 e. The maximum Gasteiger partial charge on any atom is 0.322 e. The molecule has 1 saturated carbocycles. The van der Waals surface area contributed by atoms with Crippen molar-refractivity contribution in [3.05, 3.63) is 53.5 Å². The van der Waals surface area contributed by atoms with E-state index in [1.165, 1.54) is 37.7 Å². The molecule has 7 heteroatoms. The van der Waals surface area contributed by atoms with E-state index in [1.807, 2.05) is 24.3 Å². The lowest BCUT2D eigenvalue weighted by atomic mass is 9.83. The second kappa shape index (κ2) is 8.38. The summed E-state index contributed by atoms with van der Waals surface area (Å²) < 4.78 is 5.86. The fraction of sp³-hybridized carbons (Fsp3) is 0.500. The van der Waals surface area contributed by atoms with E-state index in [0.717, 1.165) is 17.0 Å². The lowest BCUT2D eigenvalue weighted by Gasteiger charge is -2.35. The van der Waals surface area contributed by atoms with E-state index in [2.05, 4.69) is 16.7 Å². The average molecular weight is 424 g/mol. The van der Waals surface area contributed by atoms with Crippen LogP contribution in [0.4, 0.5) is 10.5 Å². The standard InChI is InChI=1S/C24H29N3O4/c28-23(29)19-13-25-20(19)12-15-5-4-8-17(11-15)27-14-21(26-24(27)30)22-18(9-10-31-22)16-6-2-1-3-7-16/h4-5,8-11,16,19-21,25H,1-3,6-7,12-14H2,(H,26,30)(H,28,29). The molecule has 1 aromatic heterocycles. The van der Waals surface area contributed by atoms with E-state index in [-0.39, 0.29) is 24.0 Å². The zero-order valence-electron chi connectivity index (χ0n) is 17.5. The van der Waals surface area contributed by atoms with Gasteiger partial charge in [-0.05, 0) is 54.5 Å². The molecular weight excluding hydrogens is 394 g/mol. The van der Waals surface area contributed by atoms with Crippen LogP contribution in [-0.2, 0) is 11.2 Å². The van der Waals surface area contributed by atoms with E-state index >= 15 is 0 Å². The van der Waals surface area contributed by atoms with Crippen molar-refractivity contribution in [1.29, 1.82) is 0 Å². The Kier molecular flexibility index (Phi) is 5.44. The molecular formula is C24H29N3O4. The molecule has 2 aromatic rings. The average Bonchev–Trinajstić information content (AvgIpc) is 3.38. The highest BCUT2D eigenvalue weighted by Crippen LogP contribution is 2.38. The number of hydrogen-bond acceptors (Lipinski definition) is 4. The number of furan rings is 1. The van der Waals surface area contributed by atoms with Crippen LogP contribution in [0.3, 0.4) is 0 Å². The van der Waals surface area contributed by atoms with Gasteiger partial charge in [0.1, 0.15) is 11.8 Å². The summed E-state index contributed by atoms with van der Waals surface area (Å²) in [7, 11) is 0. The Labute approximate surface area is 181 Å². The molecule has 3 atom stereocenters. The fourth-order valence-electron chi connectivity index (χ4n) is 5.26. The molecule has 0 radical (unpaired) electrons. The third-order valence-corrected chi connectivity index (χ3v) is 7.08. The zero-order chi connectivity index (χ0) is 21.4. The molecule has 3 aliphatic rings. The second-order valence-electron chi connectivity index (χ2n) is 9.02. The summed E-state index contributed by atoms with van der Waals surface area (Å²) in [4.78, 5) is 25.8. The molecule has 5 rings (SSSR count). The molecule has 0 bridgehead atoms. The Balaban J connectivity index is 1.30. The highest BCUT2D eigenvalue weighted by Gasteiger charge is 2.37. The molecule has 1 aliphatic carbocycles. The molecule has 7 nitrogen and oxygen atoms in total. The quantitative estimate of drug-likeness (QED) is 0.657. The van der Waals surface area contributed by atoms with Gasteiger partial charge in [-0.15, -0.1) is 0 Å². The highest BCUT2D eigenvalue weighted by molar-refractivity contribution is 5.94. The van der Waals surface area contributed by atoms with E-state index in [0.29, 0.717) is 25.4 Å². The van der Waals surface area contributed by atoms with Gasteiger partial charge < -0.3 is 20.2 Å². The van der Waals surface area contributed by atoms with Crippen molar-refractivity contribution in [1.82, 2.24) is 10.6 Å². The Hall–Kier alpha value is -2.80. The van der Waals surface area contributed by atoms with Crippen molar-refractivity contribution in [3.63, 3.8) is 0 Å². The van der Waals surface area contributed by atoms with Gasteiger partial charge in [-0.3, -0.25) is 9.69 Å². The summed E-state index contributed by atoms with van der Waals surface area (Å²) in [6.45, 7) is 1.04. The summed E-state index contributed by atoms with van der Waals surface area (Å²) in [6.07, 6.45) is 8.56. The molecule has 3 N–H and O–H groups in total. The molecule has 0 spiro atoms. The van der Waals surface area contributed by atoms with E-state index < -0.39 is 5.97 Å². The van der Waals surface area contributed by atoms with Gasteiger partial charge in [-0.1, -0.05) is 31.4 Å². The first kappa shape index (κ1) is 20.1. The number of aliphatic carboxylic acids is 1. The maximum absolute atomic E-state index is 12.8. The predicted octanol–water partition coefficient (Wildman–Crippen LogP) is 3.81. The Bertz CT molecular complexity index is 965. The molecule has 2 amide bonds. The van der Waals surface area contributed by atoms with Gasteiger partial charge in [-0.25, -0.2) is 4.79 Å². The van der Waals surface area contributed by atoms with Crippen molar-refractivity contribution in [2.24, 2.45) is 5.92 Å². The number of carbonyl (C=O) groups is 2. The summed E-state index contributed by atoms with van der Waals surface area (Å²) in [5, 5.41) is 15.6. The van der Waals surface area contributed by atoms with Crippen molar-refractivity contribution in [2.45, 2.75) is 56.5 Å². The van der Waals surface area contributed by atoms with Crippen molar-refractivity contribution in [3.8, 4) is 0 Å². The van der Waals surface area contributed by atoms with Gasteiger partial charge in [0.2, 0.25) is 0 Å². The zero-order valence-corrected chi connectivity index (χ0v) is 17.5. The number of carbonyl (C=O) groups excluding carboxylic acids is 1. The molecule has 3 heterocycles. The van der Waals surface area contributed by atoms with Crippen molar-refractivity contribution in [2.75, 3.05) is 18.0 Å². The molecule has 164 valence electrons. The Morgan fingerprint density at radius 2 is 2.03 bits per heavy atom. The number of amides is 2. The van der Waals surface area contributed by atoms with Crippen LogP contribution in [0.15, 0.2) is 41.0 Å². The fourth-order valence-corrected chi connectivity index (χ4v) is 5.26. The third kappa shape index (κ3) is 3.94. The second-order valence-corrected chi connectivity index (χ2v) is 9.02. The van der Waals surface area contributed by atoms with Crippen LogP contribution >= 0.6 is 0 Å². The summed E-state index contributed by atoms with van der Waals surface area (Å²) in [5.74, 6) is 0.310. The van der Waals surface area contributed by atoms with E-state index in [9.17, 15) is 14.7 Å². The van der Waals surface area contributed by atoms with Crippen LogP contribution in [0, 0.1) is 5.92 Å². The van der Waals surface area contributed by atoms with Crippen LogP contribution < -0.4 is 15.5 Å². The molecule has 2 aliphatic heterocycles. The molecule has 1 aromatic carbocycles. The van der Waals surface area contributed by atoms with Gasteiger partial charge in [0.15, 0.2) is 0 Å². The molecule has 2 saturated heterocycles. The number of rotatable bonds is 6. The van der Waals surface area contributed by atoms with Gasteiger partial charge in [0, 0.05) is 18.3 Å². The van der Waals surface area contributed by atoms with E-state index in [1.54, 1.807) is 11.2 Å². The number of urea groups is 1. The Morgan fingerprint density at radius 3 is 2.77 bits per heavy atom. The molecule has 31 heavy (non-hydrogen) atoms. The monoisotopic (exact) mass is 423 g/mol. The molecule has 3 unspecified atom stereocenters. The number of nitrogens with zero attached hydrogens (tertiary/aromatic N) is 1. The van der Waals surface area contributed by atoms with Crippen LogP contribution in [-0.4, -0.2) is 36.2 Å². The first-order chi connectivity index (χ1) is 15.1. The highest BCUT2D eigenvalue weighted by atomic mass is 16.4. The number of nitrogens with one attached hydrogen (secondary N) is 2. The number of carboxylic acid groups (broad SMARTS) is 1. The summed E-state index contributed by atoms with van der Waals surface area (Å²) in [5.41, 5.74) is 3.10. The van der Waals surface area contributed by atoms with Gasteiger partial charge >= 0.3 is 12.0 Å². The topological polar surface area (TPSA) is 94.8 Å². The normalized spacial score (nSPS) is 26.5. The van der Waals surface area contributed by atoms with Crippen molar-refractivity contribution >= 4 is 17.7 Å². The van der Waals surface area contributed by atoms with Gasteiger partial charge in [0.25, 0.3) is 0 Å². The minimum absolute atomic E-state index is 0.0610. The number of hydrogen-bond donors (Lipinski definition) is 3. The first-order valence-corrected chi connectivity index (χ1v) is 11.3. The lowest BCUT2D eigenvalue weighted by Crippen LogP contribution is -2.57. The Morgan fingerprint density at radius 1 is 1.19 bits per heavy atom. The third-order valence-electron chi connectivity index (χ3n) is 7.08. The number of anilines is 1. The largest absolute Gasteiger partial charge is 0.481 e. The van der Waals surface area contributed by atoms with Gasteiger partial charge in [0.05, 0.1) is 18.7 Å². The number of benzene rings is 1. The summed E-state index contributed by atoms with van der Waals surface area (Å²) in [6, 6.07) is 9.57. The van der Waals surface area contributed by atoms with Gasteiger partial charge in [-0.2, -0.15) is 0 Å². The first-order valence-electron chi connectivity index (χ1n) is 11.3. The van der Waals surface area contributed by atoms with Crippen LogP contribution in [0.5, 0.6) is 0 Å². The van der Waals surface area contributed by atoms with Crippen LogP contribution in [0.25, 0.3) is 0 Å².